The Labute approximate surface area is 79.3 Å². The molecule has 1 rings (SSSR count). The van der Waals surface area contributed by atoms with E-state index in [-0.39, 0.29) is 0 Å². The second-order valence-corrected chi connectivity index (χ2v) is 4.47. The average Bonchev–Trinajstić information content (AvgIpc) is 2.15. The Balaban J connectivity index is 2.15. The van der Waals surface area contributed by atoms with Crippen LogP contribution in [0.3, 0.4) is 0 Å². The highest BCUT2D eigenvalue weighted by atomic mass is 32.2. The SMILES string of the molecule is CCCCC([O])N1CCSCC1. The molecule has 1 heterocycles. The summed E-state index contributed by atoms with van der Waals surface area (Å²) in [4.78, 5) is 2.09. The third-order valence-electron chi connectivity index (χ3n) is 2.26. The molecular weight excluding hydrogens is 170 g/mol. The lowest BCUT2D eigenvalue weighted by atomic mass is 10.2. The van der Waals surface area contributed by atoms with Crippen LogP contribution < -0.4 is 0 Å². The molecule has 0 aromatic carbocycles. The molecule has 0 spiro atoms. The molecule has 1 radical (unpaired) electrons. The Kier molecular flexibility index (Phi) is 5.04. The molecule has 0 aromatic heterocycles. The summed E-state index contributed by atoms with van der Waals surface area (Å²) in [7, 11) is 0. The fourth-order valence-corrected chi connectivity index (χ4v) is 2.36. The van der Waals surface area contributed by atoms with Crippen LogP contribution in [0.4, 0.5) is 0 Å². The number of nitrogens with zero attached hydrogens (tertiary/aromatic N) is 1. The van der Waals surface area contributed by atoms with E-state index in [1.165, 1.54) is 0 Å². The van der Waals surface area contributed by atoms with Crippen LogP contribution in [0.2, 0.25) is 0 Å². The van der Waals surface area contributed by atoms with Crippen molar-refractivity contribution in [1.29, 1.82) is 0 Å². The second kappa shape index (κ2) is 5.84. The molecule has 0 aromatic rings. The third-order valence-corrected chi connectivity index (χ3v) is 3.20. The fourth-order valence-electron chi connectivity index (χ4n) is 1.43. The normalized spacial score (nSPS) is 22.5. The summed E-state index contributed by atoms with van der Waals surface area (Å²) in [5.74, 6) is 2.29. The van der Waals surface area contributed by atoms with Gasteiger partial charge in [0.2, 0.25) is 0 Å². The second-order valence-electron chi connectivity index (χ2n) is 3.25. The van der Waals surface area contributed by atoms with Crippen molar-refractivity contribution in [1.82, 2.24) is 4.90 Å². The fraction of sp³-hybridized carbons (Fsp3) is 1.00. The third kappa shape index (κ3) is 3.33. The summed E-state index contributed by atoms with van der Waals surface area (Å²) in [6, 6.07) is 0. The first-order valence-corrected chi connectivity index (χ1v) is 5.97. The van der Waals surface area contributed by atoms with Gasteiger partial charge in [0.15, 0.2) is 0 Å². The minimum absolute atomic E-state index is 0.425. The lowest BCUT2D eigenvalue weighted by Crippen LogP contribution is -2.40. The van der Waals surface area contributed by atoms with Crippen LogP contribution in [0.25, 0.3) is 0 Å². The van der Waals surface area contributed by atoms with E-state index >= 15 is 0 Å². The maximum atomic E-state index is 11.6. The predicted molar refractivity (Wildman–Crippen MR) is 52.9 cm³/mol. The molecule has 3 heteroatoms. The predicted octanol–water partition coefficient (Wildman–Crippen LogP) is 1.98. The number of hydrogen-bond donors (Lipinski definition) is 0. The van der Waals surface area contributed by atoms with Crippen molar-refractivity contribution in [3.63, 3.8) is 0 Å². The van der Waals surface area contributed by atoms with E-state index in [4.69, 9.17) is 0 Å². The lowest BCUT2D eigenvalue weighted by molar-refractivity contribution is -0.0497. The summed E-state index contributed by atoms with van der Waals surface area (Å²) < 4.78 is 0. The number of hydrogen-bond acceptors (Lipinski definition) is 2. The Morgan fingerprint density at radius 3 is 2.67 bits per heavy atom. The standard InChI is InChI=1S/C9H18NOS/c1-2-3-4-9(11)10-5-7-12-8-6-10/h9H,2-8H2,1H3. The van der Waals surface area contributed by atoms with Gasteiger partial charge in [0, 0.05) is 24.6 Å². The molecule has 0 amide bonds. The van der Waals surface area contributed by atoms with Gasteiger partial charge in [0.05, 0.1) is 0 Å². The van der Waals surface area contributed by atoms with Gasteiger partial charge < -0.3 is 0 Å². The van der Waals surface area contributed by atoms with Crippen LogP contribution >= 0.6 is 11.8 Å². The summed E-state index contributed by atoms with van der Waals surface area (Å²) in [5, 5.41) is 11.6. The molecular formula is C9H18NOS. The summed E-state index contributed by atoms with van der Waals surface area (Å²) in [6.45, 7) is 4.14. The Morgan fingerprint density at radius 2 is 2.08 bits per heavy atom. The van der Waals surface area contributed by atoms with Gasteiger partial charge in [-0.25, -0.2) is 5.11 Å². The van der Waals surface area contributed by atoms with Crippen LogP contribution in [-0.2, 0) is 5.11 Å². The van der Waals surface area contributed by atoms with E-state index in [9.17, 15) is 5.11 Å². The van der Waals surface area contributed by atoms with Crippen LogP contribution in [0.1, 0.15) is 26.2 Å². The first-order valence-electron chi connectivity index (χ1n) is 4.82. The molecule has 1 aliphatic heterocycles. The zero-order valence-electron chi connectivity index (χ0n) is 7.79. The van der Waals surface area contributed by atoms with Gasteiger partial charge in [-0.1, -0.05) is 13.3 Å². The van der Waals surface area contributed by atoms with E-state index in [2.05, 4.69) is 11.8 Å². The van der Waals surface area contributed by atoms with Crippen molar-refractivity contribution in [2.45, 2.75) is 32.4 Å². The Hall–Kier alpha value is 0.270. The largest absolute Gasteiger partial charge is 0.274 e. The van der Waals surface area contributed by atoms with Gasteiger partial charge in [-0.05, 0) is 12.8 Å². The summed E-state index contributed by atoms with van der Waals surface area (Å²) >= 11 is 1.96. The van der Waals surface area contributed by atoms with Gasteiger partial charge in [-0.3, -0.25) is 4.90 Å². The van der Waals surface area contributed by atoms with Gasteiger partial charge in [-0.15, -0.1) is 0 Å². The topological polar surface area (TPSA) is 23.1 Å². The van der Waals surface area contributed by atoms with Crippen LogP contribution in [0.15, 0.2) is 0 Å². The van der Waals surface area contributed by atoms with Gasteiger partial charge in [0.1, 0.15) is 6.23 Å². The molecule has 0 aliphatic carbocycles. The molecule has 1 fully saturated rings. The van der Waals surface area contributed by atoms with Crippen LogP contribution in [0, 0.1) is 0 Å². The van der Waals surface area contributed by atoms with E-state index < -0.39 is 6.23 Å². The molecule has 12 heavy (non-hydrogen) atoms. The smallest absolute Gasteiger partial charge is 0.146 e. The maximum Gasteiger partial charge on any atom is 0.146 e. The van der Waals surface area contributed by atoms with Gasteiger partial charge >= 0.3 is 0 Å². The van der Waals surface area contributed by atoms with Crippen molar-refractivity contribution in [3.8, 4) is 0 Å². The molecule has 0 bridgehead atoms. The van der Waals surface area contributed by atoms with Crippen LogP contribution in [0.5, 0.6) is 0 Å². The van der Waals surface area contributed by atoms with E-state index in [0.717, 1.165) is 43.9 Å². The minimum atomic E-state index is -0.425. The first-order chi connectivity index (χ1) is 5.84. The summed E-state index contributed by atoms with van der Waals surface area (Å²) in [5.41, 5.74) is 0. The number of rotatable bonds is 4. The molecule has 1 atom stereocenters. The highest BCUT2D eigenvalue weighted by Gasteiger charge is 2.18. The first kappa shape index (κ1) is 10.4. The molecule has 1 saturated heterocycles. The maximum absolute atomic E-state index is 11.6. The van der Waals surface area contributed by atoms with E-state index in [0.29, 0.717) is 0 Å². The van der Waals surface area contributed by atoms with E-state index in [1.807, 2.05) is 11.8 Å². The van der Waals surface area contributed by atoms with Crippen LogP contribution in [-0.4, -0.2) is 35.7 Å². The van der Waals surface area contributed by atoms with Crippen molar-refractivity contribution < 1.29 is 5.11 Å². The average molecular weight is 188 g/mol. The van der Waals surface area contributed by atoms with Gasteiger partial charge in [-0.2, -0.15) is 11.8 Å². The zero-order chi connectivity index (χ0) is 8.81. The minimum Gasteiger partial charge on any atom is -0.274 e. The highest BCUT2D eigenvalue weighted by Crippen LogP contribution is 2.14. The van der Waals surface area contributed by atoms with Crippen molar-refractivity contribution >= 4 is 11.8 Å². The van der Waals surface area contributed by atoms with Crippen molar-refractivity contribution in [3.05, 3.63) is 0 Å². The highest BCUT2D eigenvalue weighted by molar-refractivity contribution is 7.99. The number of unbranched alkanes of at least 4 members (excludes halogenated alkanes) is 1. The zero-order valence-corrected chi connectivity index (χ0v) is 8.61. The summed E-state index contributed by atoms with van der Waals surface area (Å²) in [6.07, 6.45) is 2.63. The lowest BCUT2D eigenvalue weighted by Gasteiger charge is -2.29. The molecule has 0 saturated carbocycles. The molecule has 1 unspecified atom stereocenters. The molecule has 0 N–H and O–H groups in total. The van der Waals surface area contributed by atoms with Gasteiger partial charge in [0.25, 0.3) is 0 Å². The quantitative estimate of drug-likeness (QED) is 0.673. The number of thioether (sulfide) groups is 1. The Bertz CT molecular complexity index is 115. The monoisotopic (exact) mass is 188 g/mol. The molecule has 71 valence electrons. The molecule has 1 aliphatic rings. The van der Waals surface area contributed by atoms with Crippen molar-refractivity contribution in [2.24, 2.45) is 0 Å². The van der Waals surface area contributed by atoms with E-state index in [1.54, 1.807) is 0 Å². The van der Waals surface area contributed by atoms with Crippen molar-refractivity contribution in [2.75, 3.05) is 24.6 Å². The Morgan fingerprint density at radius 1 is 1.42 bits per heavy atom. The molecule has 2 nitrogen and oxygen atoms in total.